The summed E-state index contributed by atoms with van der Waals surface area (Å²) in [6.07, 6.45) is 2.55. The molecule has 0 spiro atoms. The minimum atomic E-state index is 0.550. The maximum Gasteiger partial charge on any atom is 0.120 e. The highest BCUT2D eigenvalue weighted by molar-refractivity contribution is 5.57. The Morgan fingerprint density at radius 2 is 1.76 bits per heavy atom. The summed E-state index contributed by atoms with van der Waals surface area (Å²) in [6.45, 7) is 3.41. The van der Waals surface area contributed by atoms with Gasteiger partial charge >= 0.3 is 0 Å². The zero-order valence-corrected chi connectivity index (χ0v) is 12.3. The summed E-state index contributed by atoms with van der Waals surface area (Å²) in [7, 11) is 0. The molecule has 2 aromatic carbocycles. The summed E-state index contributed by atoms with van der Waals surface area (Å²) in [4.78, 5) is 2.42. The molecule has 0 aliphatic carbocycles. The first-order chi connectivity index (χ1) is 10.4. The summed E-state index contributed by atoms with van der Waals surface area (Å²) < 4.78 is 5.88. The van der Waals surface area contributed by atoms with Crippen LogP contribution < -0.4 is 15.4 Å². The fourth-order valence-corrected chi connectivity index (χ4v) is 2.82. The van der Waals surface area contributed by atoms with Crippen LogP contribution in [-0.4, -0.2) is 13.1 Å². The van der Waals surface area contributed by atoms with Crippen molar-refractivity contribution in [1.29, 1.82) is 0 Å². The van der Waals surface area contributed by atoms with Crippen molar-refractivity contribution in [3.63, 3.8) is 0 Å². The fourth-order valence-electron chi connectivity index (χ4n) is 2.82. The van der Waals surface area contributed by atoms with Crippen LogP contribution in [0.4, 0.5) is 5.69 Å². The van der Waals surface area contributed by atoms with E-state index in [1.807, 2.05) is 18.2 Å². The van der Waals surface area contributed by atoms with Gasteiger partial charge in [0, 0.05) is 25.3 Å². The van der Waals surface area contributed by atoms with E-state index in [0.29, 0.717) is 13.2 Å². The molecule has 0 unspecified atom stereocenters. The zero-order valence-electron chi connectivity index (χ0n) is 12.3. The van der Waals surface area contributed by atoms with Gasteiger partial charge in [0.2, 0.25) is 0 Å². The molecule has 2 aromatic rings. The monoisotopic (exact) mass is 282 g/mol. The van der Waals surface area contributed by atoms with Gasteiger partial charge in [-0.15, -0.1) is 0 Å². The lowest BCUT2D eigenvalue weighted by molar-refractivity contribution is 0.306. The number of ether oxygens (including phenoxy) is 1. The largest absolute Gasteiger partial charge is 0.489 e. The highest BCUT2D eigenvalue weighted by Crippen LogP contribution is 2.28. The van der Waals surface area contributed by atoms with Crippen molar-refractivity contribution < 1.29 is 4.74 Å². The molecule has 0 saturated carbocycles. The number of hydrogen-bond donors (Lipinski definition) is 1. The molecule has 0 bridgehead atoms. The van der Waals surface area contributed by atoms with E-state index in [0.717, 1.165) is 18.8 Å². The van der Waals surface area contributed by atoms with Crippen LogP contribution in [0.2, 0.25) is 0 Å². The SMILES string of the molecule is NCc1cc(OCc2ccccc2)ccc1N1CCCC1. The second-order valence-corrected chi connectivity index (χ2v) is 5.46. The van der Waals surface area contributed by atoms with E-state index < -0.39 is 0 Å². The third-order valence-corrected chi connectivity index (χ3v) is 3.97. The van der Waals surface area contributed by atoms with E-state index in [4.69, 9.17) is 10.5 Å². The number of nitrogens with zero attached hydrogens (tertiary/aromatic N) is 1. The number of anilines is 1. The average Bonchev–Trinajstić information content (AvgIpc) is 3.08. The Morgan fingerprint density at radius 3 is 2.48 bits per heavy atom. The van der Waals surface area contributed by atoms with Crippen LogP contribution in [0.5, 0.6) is 5.75 Å². The van der Waals surface area contributed by atoms with E-state index in [2.05, 4.69) is 35.2 Å². The molecule has 3 rings (SSSR count). The normalized spacial score (nSPS) is 14.4. The van der Waals surface area contributed by atoms with Crippen LogP contribution in [0.3, 0.4) is 0 Å². The number of rotatable bonds is 5. The lowest BCUT2D eigenvalue weighted by Gasteiger charge is -2.21. The highest BCUT2D eigenvalue weighted by Gasteiger charge is 2.15. The van der Waals surface area contributed by atoms with Crippen molar-refractivity contribution in [2.45, 2.75) is 26.0 Å². The molecule has 1 aliphatic rings. The third kappa shape index (κ3) is 3.37. The summed E-state index contributed by atoms with van der Waals surface area (Å²) in [5.41, 5.74) is 9.52. The van der Waals surface area contributed by atoms with Crippen molar-refractivity contribution in [3.8, 4) is 5.75 Å². The molecule has 3 heteroatoms. The van der Waals surface area contributed by atoms with Crippen LogP contribution in [0.15, 0.2) is 48.5 Å². The van der Waals surface area contributed by atoms with Crippen molar-refractivity contribution in [1.82, 2.24) is 0 Å². The summed E-state index contributed by atoms with van der Waals surface area (Å²) in [6, 6.07) is 16.5. The minimum absolute atomic E-state index is 0.550. The Labute approximate surface area is 126 Å². The van der Waals surface area contributed by atoms with Crippen LogP contribution in [0, 0.1) is 0 Å². The minimum Gasteiger partial charge on any atom is -0.489 e. The van der Waals surface area contributed by atoms with Gasteiger partial charge in [-0.1, -0.05) is 30.3 Å². The van der Waals surface area contributed by atoms with E-state index in [1.54, 1.807) is 0 Å². The number of nitrogens with two attached hydrogens (primary N) is 1. The van der Waals surface area contributed by atoms with E-state index >= 15 is 0 Å². The first-order valence-corrected chi connectivity index (χ1v) is 7.61. The fraction of sp³-hybridized carbons (Fsp3) is 0.333. The van der Waals surface area contributed by atoms with Gasteiger partial charge in [-0.25, -0.2) is 0 Å². The quantitative estimate of drug-likeness (QED) is 0.914. The van der Waals surface area contributed by atoms with Crippen LogP contribution >= 0.6 is 0 Å². The van der Waals surface area contributed by atoms with Crippen molar-refractivity contribution in [3.05, 3.63) is 59.7 Å². The average molecular weight is 282 g/mol. The van der Waals surface area contributed by atoms with Gasteiger partial charge in [0.05, 0.1) is 0 Å². The van der Waals surface area contributed by atoms with Gasteiger partial charge in [-0.3, -0.25) is 0 Å². The molecule has 0 atom stereocenters. The predicted molar refractivity (Wildman–Crippen MR) is 86.6 cm³/mol. The van der Waals surface area contributed by atoms with Gasteiger partial charge < -0.3 is 15.4 Å². The second kappa shape index (κ2) is 6.64. The molecule has 0 amide bonds. The molecular formula is C18H22N2O. The lowest BCUT2D eigenvalue weighted by atomic mass is 10.1. The van der Waals surface area contributed by atoms with E-state index in [9.17, 15) is 0 Å². The van der Waals surface area contributed by atoms with Gasteiger partial charge in [-0.05, 0) is 42.2 Å². The summed E-state index contributed by atoms with van der Waals surface area (Å²) in [5, 5.41) is 0. The lowest BCUT2D eigenvalue weighted by Crippen LogP contribution is -2.20. The van der Waals surface area contributed by atoms with Crippen LogP contribution in [0.25, 0.3) is 0 Å². The summed E-state index contributed by atoms with van der Waals surface area (Å²) >= 11 is 0. The Kier molecular flexibility index (Phi) is 4.41. The number of benzene rings is 2. The summed E-state index contributed by atoms with van der Waals surface area (Å²) in [5.74, 6) is 0.891. The standard InChI is InChI=1S/C18H22N2O/c19-13-16-12-17(21-14-15-6-2-1-3-7-15)8-9-18(16)20-10-4-5-11-20/h1-3,6-9,12H,4-5,10-11,13-14,19H2. The molecule has 1 aliphatic heterocycles. The van der Waals surface area contributed by atoms with Gasteiger partial charge in [0.25, 0.3) is 0 Å². The first kappa shape index (κ1) is 14.0. The molecular weight excluding hydrogens is 260 g/mol. The molecule has 1 heterocycles. The van der Waals surface area contributed by atoms with Crippen LogP contribution in [-0.2, 0) is 13.2 Å². The molecule has 0 aromatic heterocycles. The Hall–Kier alpha value is -2.00. The molecule has 0 radical (unpaired) electrons. The van der Waals surface area contributed by atoms with E-state index in [1.165, 1.54) is 29.7 Å². The molecule has 21 heavy (non-hydrogen) atoms. The van der Waals surface area contributed by atoms with E-state index in [-0.39, 0.29) is 0 Å². The topological polar surface area (TPSA) is 38.5 Å². The Morgan fingerprint density at radius 1 is 1.00 bits per heavy atom. The predicted octanol–water partition coefficient (Wildman–Crippen LogP) is 3.32. The van der Waals surface area contributed by atoms with Crippen molar-refractivity contribution >= 4 is 5.69 Å². The molecule has 1 saturated heterocycles. The van der Waals surface area contributed by atoms with Gasteiger partial charge in [0.1, 0.15) is 12.4 Å². The zero-order chi connectivity index (χ0) is 14.5. The molecule has 1 fully saturated rings. The third-order valence-electron chi connectivity index (χ3n) is 3.97. The Balaban J connectivity index is 1.71. The van der Waals surface area contributed by atoms with Crippen molar-refractivity contribution in [2.24, 2.45) is 5.73 Å². The maximum absolute atomic E-state index is 5.91. The van der Waals surface area contributed by atoms with Gasteiger partial charge in [0.15, 0.2) is 0 Å². The smallest absolute Gasteiger partial charge is 0.120 e. The van der Waals surface area contributed by atoms with Gasteiger partial charge in [-0.2, -0.15) is 0 Å². The number of hydrogen-bond acceptors (Lipinski definition) is 3. The second-order valence-electron chi connectivity index (χ2n) is 5.46. The highest BCUT2D eigenvalue weighted by atomic mass is 16.5. The maximum atomic E-state index is 5.91. The van der Waals surface area contributed by atoms with Crippen LogP contribution in [0.1, 0.15) is 24.0 Å². The van der Waals surface area contributed by atoms with Crippen molar-refractivity contribution in [2.75, 3.05) is 18.0 Å². The first-order valence-electron chi connectivity index (χ1n) is 7.61. The molecule has 110 valence electrons. The molecule has 3 nitrogen and oxygen atoms in total. The molecule has 2 N–H and O–H groups in total. The Bertz CT molecular complexity index is 577.